The molecular weight excluding hydrogens is 224 g/mol. The molecule has 0 fully saturated rings. The molecule has 0 aliphatic heterocycles. The van der Waals surface area contributed by atoms with E-state index < -0.39 is 5.97 Å². The Morgan fingerprint density at radius 3 is 2.41 bits per heavy atom. The minimum absolute atomic E-state index is 0.0898. The van der Waals surface area contributed by atoms with Gasteiger partial charge < -0.3 is 19.3 Å². The van der Waals surface area contributed by atoms with Crippen LogP contribution < -0.4 is 9.47 Å². The number of hydrogen-bond donors (Lipinski definition) is 1. The number of carbonyl (C=O) groups is 1. The number of rotatable bonds is 5. The maximum atomic E-state index is 11.6. The zero-order valence-electron chi connectivity index (χ0n) is 10.1. The highest BCUT2D eigenvalue weighted by atomic mass is 16.5. The van der Waals surface area contributed by atoms with Gasteiger partial charge >= 0.3 is 5.97 Å². The van der Waals surface area contributed by atoms with Gasteiger partial charge in [-0.15, -0.1) is 0 Å². The lowest BCUT2D eigenvalue weighted by atomic mass is 10.0. The van der Waals surface area contributed by atoms with Crippen molar-refractivity contribution in [3.63, 3.8) is 0 Å². The molecule has 1 rings (SSSR count). The van der Waals surface area contributed by atoms with Crippen LogP contribution in [0.4, 0.5) is 0 Å². The molecule has 0 unspecified atom stereocenters. The van der Waals surface area contributed by atoms with E-state index in [1.165, 1.54) is 21.3 Å². The maximum Gasteiger partial charge on any atom is 0.338 e. The number of esters is 1. The summed E-state index contributed by atoms with van der Waals surface area (Å²) >= 11 is 0. The van der Waals surface area contributed by atoms with Gasteiger partial charge in [0.1, 0.15) is 0 Å². The van der Waals surface area contributed by atoms with Crippen LogP contribution in [0.5, 0.6) is 11.5 Å². The third kappa shape index (κ3) is 2.68. The smallest absolute Gasteiger partial charge is 0.338 e. The number of ether oxygens (including phenoxy) is 3. The number of aliphatic hydroxyl groups excluding tert-OH is 1. The summed E-state index contributed by atoms with van der Waals surface area (Å²) in [7, 11) is 4.31. The summed E-state index contributed by atoms with van der Waals surface area (Å²) in [5.74, 6) is 0.502. The van der Waals surface area contributed by atoms with Crippen molar-refractivity contribution < 1.29 is 24.1 Å². The quantitative estimate of drug-likeness (QED) is 0.778. The standard InChI is InChI=1S/C12H16O5/c1-15-10-5-4-9(12(14)17-3)8(6-7-13)11(10)16-2/h4-5,13H,6-7H2,1-3H3. The summed E-state index contributed by atoms with van der Waals surface area (Å²) in [5, 5.41) is 9.03. The van der Waals surface area contributed by atoms with Crippen LogP contribution in [0.1, 0.15) is 15.9 Å². The van der Waals surface area contributed by atoms with Crippen molar-refractivity contribution in [1.82, 2.24) is 0 Å². The van der Waals surface area contributed by atoms with Gasteiger partial charge in [0, 0.05) is 18.6 Å². The first-order valence-corrected chi connectivity index (χ1v) is 5.12. The third-order valence-corrected chi connectivity index (χ3v) is 2.42. The van der Waals surface area contributed by atoms with E-state index in [4.69, 9.17) is 14.6 Å². The summed E-state index contributed by atoms with van der Waals surface area (Å²) in [4.78, 5) is 11.6. The van der Waals surface area contributed by atoms with Gasteiger partial charge in [-0.1, -0.05) is 0 Å². The highest BCUT2D eigenvalue weighted by molar-refractivity contribution is 5.92. The molecule has 1 aromatic rings. The van der Waals surface area contributed by atoms with E-state index in [-0.39, 0.29) is 6.61 Å². The van der Waals surface area contributed by atoms with Crippen molar-refractivity contribution >= 4 is 5.97 Å². The molecule has 17 heavy (non-hydrogen) atoms. The minimum Gasteiger partial charge on any atom is -0.493 e. The van der Waals surface area contributed by atoms with E-state index in [0.29, 0.717) is 29.0 Å². The van der Waals surface area contributed by atoms with Crippen molar-refractivity contribution in [2.24, 2.45) is 0 Å². The van der Waals surface area contributed by atoms with Crippen molar-refractivity contribution in [2.75, 3.05) is 27.9 Å². The van der Waals surface area contributed by atoms with Crippen molar-refractivity contribution in [1.29, 1.82) is 0 Å². The third-order valence-electron chi connectivity index (χ3n) is 2.42. The second-order valence-corrected chi connectivity index (χ2v) is 3.29. The van der Waals surface area contributed by atoms with Crippen LogP contribution in [0.3, 0.4) is 0 Å². The van der Waals surface area contributed by atoms with E-state index in [1.807, 2.05) is 0 Å². The van der Waals surface area contributed by atoms with Crippen molar-refractivity contribution in [2.45, 2.75) is 6.42 Å². The summed E-state index contributed by atoms with van der Waals surface area (Å²) in [5.41, 5.74) is 0.959. The Labute approximate surface area is 99.9 Å². The minimum atomic E-state index is -0.464. The molecule has 0 atom stereocenters. The molecule has 5 heteroatoms. The van der Waals surface area contributed by atoms with Crippen LogP contribution >= 0.6 is 0 Å². The SMILES string of the molecule is COC(=O)c1ccc(OC)c(OC)c1CCO. The lowest BCUT2D eigenvalue weighted by Gasteiger charge is -2.15. The molecule has 0 saturated heterocycles. The van der Waals surface area contributed by atoms with Crippen LogP contribution in [0.15, 0.2) is 12.1 Å². The van der Waals surface area contributed by atoms with Gasteiger partial charge in [0.05, 0.1) is 26.9 Å². The first kappa shape index (κ1) is 13.3. The Bertz CT molecular complexity index is 400. The predicted molar refractivity (Wildman–Crippen MR) is 61.7 cm³/mol. The molecule has 0 spiro atoms. The number of hydrogen-bond acceptors (Lipinski definition) is 5. The number of benzene rings is 1. The fourth-order valence-electron chi connectivity index (χ4n) is 1.65. The Balaban J connectivity index is 3.35. The molecule has 1 N–H and O–H groups in total. The fraction of sp³-hybridized carbons (Fsp3) is 0.417. The van der Waals surface area contributed by atoms with E-state index in [1.54, 1.807) is 12.1 Å². The van der Waals surface area contributed by atoms with Gasteiger partial charge in [-0.2, -0.15) is 0 Å². The van der Waals surface area contributed by atoms with E-state index in [0.717, 1.165) is 0 Å². The molecule has 5 nitrogen and oxygen atoms in total. The predicted octanol–water partition coefficient (Wildman–Crippen LogP) is 1.03. The number of methoxy groups -OCH3 is 3. The summed E-state index contributed by atoms with van der Waals surface area (Å²) in [6.45, 7) is -0.0898. The zero-order chi connectivity index (χ0) is 12.8. The second-order valence-electron chi connectivity index (χ2n) is 3.29. The van der Waals surface area contributed by atoms with Crippen LogP contribution in [0, 0.1) is 0 Å². The van der Waals surface area contributed by atoms with Crippen LogP contribution in [0.2, 0.25) is 0 Å². The molecule has 0 radical (unpaired) electrons. The number of aliphatic hydroxyl groups is 1. The molecule has 0 heterocycles. The monoisotopic (exact) mass is 240 g/mol. The first-order chi connectivity index (χ1) is 8.19. The van der Waals surface area contributed by atoms with Gasteiger partial charge in [-0.05, 0) is 12.1 Å². The lowest BCUT2D eigenvalue weighted by molar-refractivity contribution is 0.0598. The Hall–Kier alpha value is -1.75. The zero-order valence-corrected chi connectivity index (χ0v) is 10.1. The topological polar surface area (TPSA) is 65.0 Å². The lowest BCUT2D eigenvalue weighted by Crippen LogP contribution is -2.09. The molecular formula is C12H16O5. The molecule has 0 aromatic heterocycles. The van der Waals surface area contributed by atoms with Crippen molar-refractivity contribution in [3.05, 3.63) is 23.3 Å². The molecule has 0 amide bonds. The Morgan fingerprint density at radius 2 is 1.94 bits per heavy atom. The van der Waals surface area contributed by atoms with E-state index in [2.05, 4.69) is 4.74 Å². The highest BCUT2D eigenvalue weighted by Crippen LogP contribution is 2.34. The van der Waals surface area contributed by atoms with E-state index in [9.17, 15) is 4.79 Å². The van der Waals surface area contributed by atoms with Gasteiger partial charge in [0.25, 0.3) is 0 Å². The fourth-order valence-corrected chi connectivity index (χ4v) is 1.65. The van der Waals surface area contributed by atoms with Crippen LogP contribution in [-0.2, 0) is 11.2 Å². The number of carbonyl (C=O) groups excluding carboxylic acids is 1. The first-order valence-electron chi connectivity index (χ1n) is 5.12. The van der Waals surface area contributed by atoms with Crippen molar-refractivity contribution in [3.8, 4) is 11.5 Å². The van der Waals surface area contributed by atoms with Crippen LogP contribution in [-0.4, -0.2) is 39.0 Å². The van der Waals surface area contributed by atoms with Gasteiger partial charge in [0.2, 0.25) is 0 Å². The Morgan fingerprint density at radius 1 is 1.24 bits per heavy atom. The van der Waals surface area contributed by atoms with Gasteiger partial charge in [-0.3, -0.25) is 0 Å². The normalized spacial score (nSPS) is 9.88. The average Bonchev–Trinajstić information content (AvgIpc) is 2.37. The molecule has 1 aromatic carbocycles. The molecule has 0 aliphatic rings. The summed E-state index contributed by atoms with van der Waals surface area (Å²) in [6, 6.07) is 3.23. The molecule has 0 bridgehead atoms. The Kier molecular flexibility index (Phi) is 4.78. The molecule has 0 aliphatic carbocycles. The average molecular weight is 240 g/mol. The molecule has 0 saturated carbocycles. The largest absolute Gasteiger partial charge is 0.493 e. The van der Waals surface area contributed by atoms with Crippen LogP contribution in [0.25, 0.3) is 0 Å². The maximum absolute atomic E-state index is 11.6. The van der Waals surface area contributed by atoms with Gasteiger partial charge in [-0.25, -0.2) is 4.79 Å². The highest BCUT2D eigenvalue weighted by Gasteiger charge is 2.19. The second kappa shape index (κ2) is 6.10. The summed E-state index contributed by atoms with van der Waals surface area (Å²) in [6.07, 6.45) is 0.296. The van der Waals surface area contributed by atoms with E-state index >= 15 is 0 Å². The van der Waals surface area contributed by atoms with Gasteiger partial charge in [0.15, 0.2) is 11.5 Å². The molecule has 94 valence electrons. The summed E-state index contributed by atoms with van der Waals surface area (Å²) < 4.78 is 15.0.